The second kappa shape index (κ2) is 6.99. The van der Waals surface area contributed by atoms with Crippen molar-refractivity contribution >= 4 is 18.0 Å². The first-order chi connectivity index (χ1) is 8.19. The first-order valence-corrected chi connectivity index (χ1v) is 6.28. The van der Waals surface area contributed by atoms with Gasteiger partial charge in [-0.15, -0.1) is 0 Å². The van der Waals surface area contributed by atoms with E-state index in [0.717, 1.165) is 43.6 Å². The van der Waals surface area contributed by atoms with E-state index in [9.17, 15) is 4.79 Å². The highest BCUT2D eigenvalue weighted by Crippen LogP contribution is 2.11. The molecule has 0 saturated carbocycles. The van der Waals surface area contributed by atoms with Crippen LogP contribution in [0.15, 0.2) is 21.9 Å². The molecule has 0 saturated heterocycles. The van der Waals surface area contributed by atoms with Gasteiger partial charge in [0.2, 0.25) is 0 Å². The van der Waals surface area contributed by atoms with E-state index < -0.39 is 0 Å². The van der Waals surface area contributed by atoms with Crippen LogP contribution in [-0.2, 0) is 4.79 Å². The zero-order chi connectivity index (χ0) is 12.7. The molecule has 1 unspecified atom stereocenters. The van der Waals surface area contributed by atoms with Crippen molar-refractivity contribution in [1.82, 2.24) is 5.32 Å². The van der Waals surface area contributed by atoms with Gasteiger partial charge >= 0.3 is 0 Å². The Morgan fingerprint density at radius 2 is 1.71 bits per heavy atom. The van der Waals surface area contributed by atoms with E-state index in [1.54, 1.807) is 6.08 Å². The minimum atomic E-state index is -0.138. The van der Waals surface area contributed by atoms with Crippen LogP contribution in [0.3, 0.4) is 0 Å². The van der Waals surface area contributed by atoms with Gasteiger partial charge in [0.1, 0.15) is 18.0 Å². The molecule has 1 heterocycles. The van der Waals surface area contributed by atoms with Gasteiger partial charge < -0.3 is 10.1 Å². The minimum Gasteiger partial charge on any atom is -0.332 e. The third kappa shape index (κ3) is 4.51. The molecular weight excluding hydrogens is 214 g/mol. The third-order valence-corrected chi connectivity index (χ3v) is 2.39. The van der Waals surface area contributed by atoms with Crippen molar-refractivity contribution < 1.29 is 4.79 Å². The van der Waals surface area contributed by atoms with Crippen molar-refractivity contribution in [2.45, 2.75) is 46.5 Å². The fraction of sp³-hybridized carbons (Fsp3) is 0.615. The fourth-order valence-electron chi connectivity index (χ4n) is 1.58. The minimum absolute atomic E-state index is 0.138. The van der Waals surface area contributed by atoms with Crippen LogP contribution < -0.4 is 5.32 Å². The van der Waals surface area contributed by atoms with Gasteiger partial charge in [-0.1, -0.05) is 20.8 Å². The Labute approximate surface area is 103 Å². The van der Waals surface area contributed by atoms with Crippen molar-refractivity contribution in [3.63, 3.8) is 0 Å². The number of hydrogen-bond donors (Lipinski definition) is 1. The molecule has 0 aliphatic carbocycles. The summed E-state index contributed by atoms with van der Waals surface area (Å²) in [4.78, 5) is 19.5. The van der Waals surface area contributed by atoms with Crippen molar-refractivity contribution in [3.05, 3.63) is 11.9 Å². The molecule has 0 aromatic heterocycles. The zero-order valence-electron chi connectivity index (χ0n) is 10.9. The number of amidine groups is 2. The van der Waals surface area contributed by atoms with Gasteiger partial charge in [0, 0.05) is 18.8 Å². The molecule has 4 heteroatoms. The van der Waals surface area contributed by atoms with E-state index in [0.29, 0.717) is 5.82 Å². The lowest BCUT2D eigenvalue weighted by molar-refractivity contribution is -0.109. The topological polar surface area (TPSA) is 53.8 Å². The number of allylic oxidation sites excluding steroid dienone is 1. The van der Waals surface area contributed by atoms with Gasteiger partial charge in [0.05, 0.1) is 0 Å². The van der Waals surface area contributed by atoms with Gasteiger partial charge in [0.25, 0.3) is 0 Å². The summed E-state index contributed by atoms with van der Waals surface area (Å²) in [5.74, 6) is 2.43. The number of aliphatic imine (C=N–C) groups is 2. The maximum Gasteiger partial charge on any atom is 0.152 e. The smallest absolute Gasteiger partial charge is 0.152 e. The highest BCUT2D eigenvalue weighted by molar-refractivity contribution is 6.03. The Morgan fingerprint density at radius 1 is 1.18 bits per heavy atom. The number of rotatable bonds is 6. The normalized spacial score (nSPS) is 16.8. The Kier molecular flexibility index (Phi) is 5.60. The van der Waals surface area contributed by atoms with Crippen molar-refractivity contribution in [1.29, 1.82) is 0 Å². The van der Waals surface area contributed by atoms with Gasteiger partial charge in [-0.2, -0.15) is 0 Å². The molecule has 1 aliphatic rings. The van der Waals surface area contributed by atoms with Crippen LogP contribution in [-0.4, -0.2) is 18.0 Å². The third-order valence-electron chi connectivity index (χ3n) is 2.39. The van der Waals surface area contributed by atoms with Gasteiger partial charge in [-0.3, -0.25) is 0 Å². The average Bonchev–Trinajstić information content (AvgIpc) is 2.29. The summed E-state index contributed by atoms with van der Waals surface area (Å²) in [6.07, 6.45) is 6.62. The number of hydrogen-bond acceptors (Lipinski definition) is 4. The second-order valence-corrected chi connectivity index (χ2v) is 4.26. The second-order valence-electron chi connectivity index (χ2n) is 4.26. The highest BCUT2D eigenvalue weighted by Gasteiger charge is 2.11. The molecule has 0 radical (unpaired) electrons. The van der Waals surface area contributed by atoms with E-state index >= 15 is 0 Å². The summed E-state index contributed by atoms with van der Waals surface area (Å²) in [6, 6.07) is 0. The van der Waals surface area contributed by atoms with Crippen LogP contribution in [0.25, 0.3) is 0 Å². The summed E-state index contributed by atoms with van der Waals surface area (Å²) in [7, 11) is 0. The number of nitrogens with zero attached hydrogens (tertiary/aromatic N) is 2. The number of carbonyl (C=O) groups is 1. The lowest BCUT2D eigenvalue weighted by Gasteiger charge is -2.16. The number of nitrogens with one attached hydrogen (secondary N) is 1. The lowest BCUT2D eigenvalue weighted by Crippen LogP contribution is -2.33. The van der Waals surface area contributed by atoms with E-state index in [4.69, 9.17) is 0 Å². The maximum atomic E-state index is 10.6. The van der Waals surface area contributed by atoms with E-state index in [-0.39, 0.29) is 5.92 Å². The molecule has 1 atom stereocenters. The van der Waals surface area contributed by atoms with E-state index in [1.807, 2.05) is 6.92 Å². The van der Waals surface area contributed by atoms with Gasteiger partial charge in [-0.25, -0.2) is 9.98 Å². The molecule has 94 valence electrons. The molecule has 0 fully saturated rings. The SMILES string of the molecule is CCCC1=NC(=CC(C)C=O)N=C(CCC)N1. The quantitative estimate of drug-likeness (QED) is 0.719. The Morgan fingerprint density at radius 3 is 2.12 bits per heavy atom. The van der Waals surface area contributed by atoms with Crippen LogP contribution in [0.1, 0.15) is 46.5 Å². The molecule has 0 spiro atoms. The zero-order valence-corrected chi connectivity index (χ0v) is 10.9. The lowest BCUT2D eigenvalue weighted by atomic mass is 10.2. The van der Waals surface area contributed by atoms with E-state index in [2.05, 4.69) is 29.1 Å². The summed E-state index contributed by atoms with van der Waals surface area (Å²) in [6.45, 7) is 6.08. The molecule has 0 bridgehead atoms. The first-order valence-electron chi connectivity index (χ1n) is 6.28. The predicted octanol–water partition coefficient (Wildman–Crippen LogP) is 2.66. The Balaban J connectivity index is 2.86. The molecule has 17 heavy (non-hydrogen) atoms. The molecule has 0 aromatic rings. The average molecular weight is 235 g/mol. The molecule has 1 aliphatic heterocycles. The first kappa shape index (κ1) is 13.6. The molecular formula is C13H21N3O. The standard InChI is InChI=1S/C13H21N3O/c1-4-6-11-14-12(7-5-2)16-13(15-11)8-10(3)9-17/h8-10H,4-7H2,1-3H3,(H,14,15,16). The predicted molar refractivity (Wildman–Crippen MR) is 71.1 cm³/mol. The maximum absolute atomic E-state index is 10.6. The summed E-state index contributed by atoms with van der Waals surface area (Å²) < 4.78 is 0. The van der Waals surface area contributed by atoms with Gasteiger partial charge in [-0.05, 0) is 18.9 Å². The summed E-state index contributed by atoms with van der Waals surface area (Å²) in [5, 5.41) is 3.25. The van der Waals surface area contributed by atoms with Gasteiger partial charge in [0.15, 0.2) is 5.82 Å². The number of carbonyl (C=O) groups excluding carboxylic acids is 1. The van der Waals surface area contributed by atoms with Crippen molar-refractivity contribution in [2.24, 2.45) is 15.9 Å². The Hall–Kier alpha value is -1.45. The monoisotopic (exact) mass is 235 g/mol. The number of aldehydes is 1. The van der Waals surface area contributed by atoms with Crippen molar-refractivity contribution in [3.8, 4) is 0 Å². The van der Waals surface area contributed by atoms with E-state index in [1.165, 1.54) is 0 Å². The molecule has 4 nitrogen and oxygen atoms in total. The van der Waals surface area contributed by atoms with Crippen molar-refractivity contribution in [2.75, 3.05) is 0 Å². The Bertz CT molecular complexity index is 332. The summed E-state index contributed by atoms with van der Waals surface area (Å²) in [5.41, 5.74) is 0. The molecule has 1 N–H and O–H groups in total. The van der Waals surface area contributed by atoms with Crippen LogP contribution >= 0.6 is 0 Å². The molecule has 1 rings (SSSR count). The summed E-state index contributed by atoms with van der Waals surface area (Å²) >= 11 is 0. The van der Waals surface area contributed by atoms with Crippen LogP contribution in [0.2, 0.25) is 0 Å². The molecule has 0 aromatic carbocycles. The van der Waals surface area contributed by atoms with Crippen LogP contribution in [0.4, 0.5) is 0 Å². The largest absolute Gasteiger partial charge is 0.332 e. The van der Waals surface area contributed by atoms with Crippen LogP contribution in [0, 0.1) is 5.92 Å². The van der Waals surface area contributed by atoms with Crippen LogP contribution in [0.5, 0.6) is 0 Å². The molecule has 0 amide bonds. The fourth-order valence-corrected chi connectivity index (χ4v) is 1.58. The highest BCUT2D eigenvalue weighted by atomic mass is 16.1.